The second kappa shape index (κ2) is 13.9. The highest BCUT2D eigenvalue weighted by atomic mass is 16.5. The standard InChI is InChI=1S/C26H30N4O4.C4H6/c1-3-28-30-17-21-20(25(32)24(30)26(33)27-16-23(31)34-2)10-7-11-22(21)29-14-12-19(13-15-29)18-8-5-4-6-9-18;1-3-4-2/h3-11,19,32H,12-17H2,1-2H3,(H,27,33);1H,4H2,2H3/b28-3-;. The summed E-state index contributed by atoms with van der Waals surface area (Å²) in [4.78, 5) is 26.6. The minimum Gasteiger partial charge on any atom is -0.505 e. The monoisotopic (exact) mass is 516 g/mol. The fraction of sp³-hybridized carbons (Fsp3) is 0.367. The molecule has 0 radical (unpaired) electrons. The molecule has 1 saturated heterocycles. The molecule has 2 aromatic rings. The summed E-state index contributed by atoms with van der Waals surface area (Å²) < 4.78 is 4.58. The lowest BCUT2D eigenvalue weighted by Crippen LogP contribution is -2.39. The number of nitrogens with zero attached hydrogens (tertiary/aromatic N) is 3. The van der Waals surface area contributed by atoms with Gasteiger partial charge in [-0.2, -0.15) is 5.10 Å². The summed E-state index contributed by atoms with van der Waals surface area (Å²) >= 11 is 0. The number of hydrogen-bond acceptors (Lipinski definition) is 7. The number of aliphatic hydroxyl groups excluding tert-OH is 1. The third-order valence-electron chi connectivity index (χ3n) is 6.60. The molecule has 0 atom stereocenters. The van der Waals surface area contributed by atoms with Crippen LogP contribution in [0.2, 0.25) is 0 Å². The van der Waals surface area contributed by atoms with Gasteiger partial charge in [-0.25, -0.2) is 0 Å². The number of carbonyl (C=O) groups excluding carboxylic acids is 2. The van der Waals surface area contributed by atoms with Gasteiger partial charge < -0.3 is 20.1 Å². The second-order valence-electron chi connectivity index (χ2n) is 8.92. The molecule has 0 spiro atoms. The number of rotatable bonds is 6. The van der Waals surface area contributed by atoms with Gasteiger partial charge in [-0.15, -0.1) is 12.3 Å². The van der Waals surface area contributed by atoms with Crippen LogP contribution in [-0.2, 0) is 20.9 Å². The minimum absolute atomic E-state index is 0.00874. The molecule has 2 N–H and O–H groups in total. The zero-order chi connectivity index (χ0) is 27.5. The Kier molecular flexibility index (Phi) is 10.4. The molecule has 4 rings (SSSR count). The Balaban J connectivity index is 0.000000934. The predicted octanol–water partition coefficient (Wildman–Crippen LogP) is 4.44. The summed E-state index contributed by atoms with van der Waals surface area (Å²) in [5, 5.41) is 19.4. The number of esters is 1. The van der Waals surface area contributed by atoms with Gasteiger partial charge in [-0.05, 0) is 37.3 Å². The molecule has 0 aliphatic carbocycles. The number of ether oxygens (including phenoxy) is 1. The maximum Gasteiger partial charge on any atom is 0.325 e. The van der Waals surface area contributed by atoms with Crippen LogP contribution >= 0.6 is 0 Å². The molecule has 0 saturated carbocycles. The average Bonchev–Trinajstić information content (AvgIpc) is 2.96. The van der Waals surface area contributed by atoms with E-state index in [0.717, 1.165) is 43.6 Å². The topological polar surface area (TPSA) is 94.5 Å². The van der Waals surface area contributed by atoms with Crippen LogP contribution in [-0.4, -0.2) is 55.0 Å². The van der Waals surface area contributed by atoms with E-state index >= 15 is 0 Å². The van der Waals surface area contributed by atoms with Gasteiger partial charge in [-0.1, -0.05) is 49.4 Å². The number of anilines is 1. The highest BCUT2D eigenvalue weighted by Crippen LogP contribution is 2.38. The van der Waals surface area contributed by atoms with Crippen molar-refractivity contribution in [2.24, 2.45) is 5.10 Å². The Hall–Kier alpha value is -4.25. The predicted molar refractivity (Wildman–Crippen MR) is 150 cm³/mol. The van der Waals surface area contributed by atoms with E-state index in [-0.39, 0.29) is 18.0 Å². The summed E-state index contributed by atoms with van der Waals surface area (Å²) in [7, 11) is 1.25. The quantitative estimate of drug-likeness (QED) is 0.335. The molecule has 200 valence electrons. The number of hydrogen-bond donors (Lipinski definition) is 2. The highest BCUT2D eigenvalue weighted by Gasteiger charge is 2.33. The van der Waals surface area contributed by atoms with E-state index in [1.165, 1.54) is 17.7 Å². The fourth-order valence-corrected chi connectivity index (χ4v) is 4.69. The van der Waals surface area contributed by atoms with Gasteiger partial charge in [0.1, 0.15) is 6.54 Å². The van der Waals surface area contributed by atoms with E-state index in [2.05, 4.69) is 56.3 Å². The Morgan fingerprint density at radius 1 is 1.18 bits per heavy atom. The van der Waals surface area contributed by atoms with Crippen molar-refractivity contribution < 1.29 is 19.4 Å². The molecule has 1 amide bonds. The summed E-state index contributed by atoms with van der Waals surface area (Å²) in [6.07, 6.45) is 9.29. The van der Waals surface area contributed by atoms with Crippen molar-refractivity contribution >= 4 is 29.5 Å². The number of hydrazone groups is 1. The molecule has 1 fully saturated rings. The highest BCUT2D eigenvalue weighted by molar-refractivity contribution is 6.01. The Morgan fingerprint density at radius 2 is 1.87 bits per heavy atom. The largest absolute Gasteiger partial charge is 0.505 e. The molecule has 8 nitrogen and oxygen atoms in total. The van der Waals surface area contributed by atoms with Gasteiger partial charge in [0.25, 0.3) is 5.91 Å². The molecule has 0 unspecified atom stereocenters. The van der Waals surface area contributed by atoms with Gasteiger partial charge in [0.2, 0.25) is 0 Å². The maximum absolute atomic E-state index is 12.8. The second-order valence-corrected chi connectivity index (χ2v) is 8.92. The van der Waals surface area contributed by atoms with Crippen molar-refractivity contribution in [3.8, 4) is 12.3 Å². The van der Waals surface area contributed by atoms with Crippen molar-refractivity contribution in [2.45, 2.75) is 45.6 Å². The maximum atomic E-state index is 12.8. The van der Waals surface area contributed by atoms with Crippen LogP contribution in [0.4, 0.5) is 5.69 Å². The lowest BCUT2D eigenvalue weighted by atomic mass is 9.88. The van der Waals surface area contributed by atoms with Crippen LogP contribution < -0.4 is 10.2 Å². The average molecular weight is 517 g/mol. The van der Waals surface area contributed by atoms with Crippen LogP contribution in [0.5, 0.6) is 0 Å². The molecular weight excluding hydrogens is 480 g/mol. The van der Waals surface area contributed by atoms with Crippen LogP contribution in [0.3, 0.4) is 0 Å². The zero-order valence-electron chi connectivity index (χ0n) is 22.3. The van der Waals surface area contributed by atoms with Crippen molar-refractivity contribution in [3.05, 3.63) is 70.9 Å². The SMILES string of the molecule is C#CCC.C/C=N\N1Cc2c(cccc2N2CCC(c3ccccc3)CC2)C(O)=C1C(=O)NCC(=O)OC. The van der Waals surface area contributed by atoms with Crippen LogP contribution in [0.15, 0.2) is 59.3 Å². The van der Waals surface area contributed by atoms with Gasteiger partial charge in [0.15, 0.2) is 11.5 Å². The summed E-state index contributed by atoms with van der Waals surface area (Å²) in [6, 6.07) is 16.4. The Bertz CT molecular complexity index is 1210. The minimum atomic E-state index is -0.590. The Labute approximate surface area is 225 Å². The number of carbonyl (C=O) groups is 2. The van der Waals surface area contributed by atoms with Crippen LogP contribution in [0.1, 0.15) is 55.7 Å². The number of fused-ring (bicyclic) bond motifs is 1. The molecule has 38 heavy (non-hydrogen) atoms. The van der Waals surface area contributed by atoms with Gasteiger partial charge in [-0.3, -0.25) is 14.6 Å². The number of nitrogens with one attached hydrogen (secondary N) is 1. The van der Waals surface area contributed by atoms with Gasteiger partial charge >= 0.3 is 5.97 Å². The molecule has 0 bridgehead atoms. The van der Waals surface area contributed by atoms with Crippen molar-refractivity contribution in [3.63, 3.8) is 0 Å². The molecule has 2 aliphatic rings. The molecule has 8 heteroatoms. The number of amides is 1. The molecule has 2 heterocycles. The Morgan fingerprint density at radius 3 is 2.47 bits per heavy atom. The third kappa shape index (κ3) is 6.74. The van der Waals surface area contributed by atoms with Crippen molar-refractivity contribution in [1.82, 2.24) is 10.3 Å². The van der Waals surface area contributed by atoms with E-state index in [4.69, 9.17) is 6.42 Å². The normalized spacial score (nSPS) is 15.3. The van der Waals surface area contributed by atoms with E-state index in [1.807, 2.05) is 25.1 Å². The summed E-state index contributed by atoms with van der Waals surface area (Å²) in [5.41, 5.74) is 3.96. The van der Waals surface area contributed by atoms with Gasteiger partial charge in [0.05, 0.1) is 13.7 Å². The van der Waals surface area contributed by atoms with Crippen LogP contribution in [0, 0.1) is 12.3 Å². The molecular formula is C30H36N4O4. The zero-order valence-corrected chi connectivity index (χ0v) is 22.3. The first-order chi connectivity index (χ1) is 18.4. The first kappa shape index (κ1) is 28.3. The number of piperidine rings is 1. The van der Waals surface area contributed by atoms with Crippen molar-refractivity contribution in [1.29, 1.82) is 0 Å². The van der Waals surface area contributed by atoms with Crippen LogP contribution in [0.25, 0.3) is 5.76 Å². The summed E-state index contributed by atoms with van der Waals surface area (Å²) in [6.45, 7) is 5.55. The smallest absolute Gasteiger partial charge is 0.325 e. The van der Waals surface area contributed by atoms with Crippen molar-refractivity contribution in [2.75, 3.05) is 31.6 Å². The number of benzene rings is 2. The lowest BCUT2D eigenvalue weighted by molar-refractivity contribution is -0.140. The molecule has 2 aliphatic heterocycles. The number of aliphatic hydroxyl groups is 1. The fourth-order valence-electron chi connectivity index (χ4n) is 4.69. The third-order valence-corrected chi connectivity index (χ3v) is 6.60. The lowest BCUT2D eigenvalue weighted by Gasteiger charge is -2.37. The first-order valence-electron chi connectivity index (χ1n) is 12.8. The number of methoxy groups -OCH3 is 1. The first-order valence-corrected chi connectivity index (χ1v) is 12.8. The van der Waals surface area contributed by atoms with E-state index in [1.54, 1.807) is 13.1 Å². The molecule has 0 aromatic heterocycles. The molecule has 2 aromatic carbocycles. The summed E-state index contributed by atoms with van der Waals surface area (Å²) in [5.74, 6) is 1.65. The van der Waals surface area contributed by atoms with Gasteiger partial charge in [0, 0.05) is 42.5 Å². The van der Waals surface area contributed by atoms with E-state index < -0.39 is 11.9 Å². The van der Waals surface area contributed by atoms with E-state index in [9.17, 15) is 14.7 Å². The number of terminal acetylenes is 1. The van der Waals surface area contributed by atoms with E-state index in [0.29, 0.717) is 18.0 Å².